The van der Waals surface area contributed by atoms with Gasteiger partial charge >= 0.3 is 5.97 Å². The molecule has 0 unspecified atom stereocenters. The normalized spacial score (nSPS) is 9.86. The second-order valence-electron chi connectivity index (χ2n) is 2.65. The third-order valence-corrected chi connectivity index (χ3v) is 1.57. The molecule has 0 amide bonds. The highest BCUT2D eigenvalue weighted by Gasteiger charge is 2.06. The number of hydrogen-bond acceptors (Lipinski definition) is 2. The van der Waals surface area contributed by atoms with E-state index >= 15 is 0 Å². The molecule has 5 heteroatoms. The van der Waals surface area contributed by atoms with Crippen molar-refractivity contribution in [2.75, 3.05) is 18.5 Å². The molecule has 0 heterocycles. The maximum atomic E-state index is 12.8. The zero-order valence-electron chi connectivity index (χ0n) is 7.26. The summed E-state index contributed by atoms with van der Waals surface area (Å²) in [7, 11) is 0. The quantitative estimate of drug-likeness (QED) is 0.782. The van der Waals surface area contributed by atoms with Gasteiger partial charge in [0, 0.05) is 12.2 Å². The summed E-state index contributed by atoms with van der Waals surface area (Å²) in [6.45, 7) is -0.568. The Morgan fingerprint density at radius 3 is 2.71 bits per heavy atom. The molecule has 76 valence electrons. The molecule has 0 spiro atoms. The highest BCUT2D eigenvalue weighted by molar-refractivity contribution is 5.88. The molecule has 1 rings (SSSR count). The van der Waals surface area contributed by atoms with E-state index < -0.39 is 18.5 Å². The van der Waals surface area contributed by atoms with E-state index in [4.69, 9.17) is 5.11 Å². The predicted octanol–water partition coefficient (Wildman–Crippen LogP) is 1.91. The maximum absolute atomic E-state index is 12.8. The highest BCUT2D eigenvalue weighted by Crippen LogP contribution is 2.13. The monoisotopic (exact) mass is 201 g/mol. The molecule has 1 aromatic rings. The number of carboxylic acid groups (broad SMARTS) is 1. The third-order valence-electron chi connectivity index (χ3n) is 1.57. The average Bonchev–Trinajstić information content (AvgIpc) is 2.14. The first kappa shape index (κ1) is 10.4. The molecule has 0 aliphatic rings. The van der Waals surface area contributed by atoms with Gasteiger partial charge in [-0.25, -0.2) is 13.6 Å². The lowest BCUT2D eigenvalue weighted by Crippen LogP contribution is -2.05. The Labute approximate surface area is 79.4 Å². The second-order valence-corrected chi connectivity index (χ2v) is 2.65. The molecule has 1 aromatic carbocycles. The van der Waals surface area contributed by atoms with Crippen LogP contribution in [0.3, 0.4) is 0 Å². The fraction of sp³-hybridized carbons (Fsp3) is 0.222. The van der Waals surface area contributed by atoms with E-state index in [-0.39, 0.29) is 17.8 Å². The number of benzene rings is 1. The van der Waals surface area contributed by atoms with Gasteiger partial charge in [0.25, 0.3) is 0 Å². The molecule has 0 bridgehead atoms. The second kappa shape index (κ2) is 4.55. The van der Waals surface area contributed by atoms with Gasteiger partial charge in [-0.15, -0.1) is 0 Å². The van der Waals surface area contributed by atoms with Crippen molar-refractivity contribution in [3.8, 4) is 0 Å². The summed E-state index contributed by atoms with van der Waals surface area (Å²) in [6.07, 6.45) is 0. The molecular formula is C9H9F2NO2. The summed E-state index contributed by atoms with van der Waals surface area (Å²) in [5.74, 6) is -1.88. The SMILES string of the molecule is O=C(O)c1cc(F)cc(NCCF)c1. The summed E-state index contributed by atoms with van der Waals surface area (Å²) in [5, 5.41) is 11.1. The van der Waals surface area contributed by atoms with E-state index in [1.54, 1.807) is 0 Å². The van der Waals surface area contributed by atoms with Crippen molar-refractivity contribution >= 4 is 11.7 Å². The van der Waals surface area contributed by atoms with Crippen LogP contribution in [0.25, 0.3) is 0 Å². The van der Waals surface area contributed by atoms with Crippen molar-refractivity contribution in [2.24, 2.45) is 0 Å². The Morgan fingerprint density at radius 2 is 2.14 bits per heavy atom. The number of carbonyl (C=O) groups is 1. The van der Waals surface area contributed by atoms with Crippen LogP contribution in [-0.2, 0) is 0 Å². The van der Waals surface area contributed by atoms with Crippen LogP contribution in [0.4, 0.5) is 14.5 Å². The first-order chi connectivity index (χ1) is 6.63. The number of rotatable bonds is 4. The number of hydrogen-bond donors (Lipinski definition) is 2. The third kappa shape index (κ3) is 2.69. The lowest BCUT2D eigenvalue weighted by Gasteiger charge is -2.04. The average molecular weight is 201 g/mol. The van der Waals surface area contributed by atoms with Crippen LogP contribution in [0.1, 0.15) is 10.4 Å². The Hall–Kier alpha value is -1.65. The highest BCUT2D eigenvalue weighted by atomic mass is 19.1. The Balaban J connectivity index is 2.89. The van der Waals surface area contributed by atoms with Crippen LogP contribution in [0, 0.1) is 5.82 Å². The zero-order valence-corrected chi connectivity index (χ0v) is 7.26. The first-order valence-corrected chi connectivity index (χ1v) is 3.97. The number of aromatic carboxylic acids is 1. The van der Waals surface area contributed by atoms with Crippen LogP contribution in [0.15, 0.2) is 18.2 Å². The molecular weight excluding hydrogens is 192 g/mol. The van der Waals surface area contributed by atoms with Crippen molar-refractivity contribution < 1.29 is 18.7 Å². The van der Waals surface area contributed by atoms with Crippen molar-refractivity contribution in [2.45, 2.75) is 0 Å². The van der Waals surface area contributed by atoms with Gasteiger partial charge in [0.2, 0.25) is 0 Å². The predicted molar refractivity (Wildman–Crippen MR) is 47.8 cm³/mol. The van der Waals surface area contributed by atoms with Gasteiger partial charge in [0.1, 0.15) is 12.5 Å². The summed E-state index contributed by atoms with van der Waals surface area (Å²) < 4.78 is 24.6. The number of nitrogens with one attached hydrogen (secondary N) is 1. The minimum absolute atomic E-state index is 0.0303. The van der Waals surface area contributed by atoms with Gasteiger partial charge in [-0.05, 0) is 18.2 Å². The molecule has 14 heavy (non-hydrogen) atoms. The van der Waals surface area contributed by atoms with Gasteiger partial charge in [0.15, 0.2) is 0 Å². The Kier molecular flexibility index (Phi) is 3.39. The fourth-order valence-electron chi connectivity index (χ4n) is 1.01. The lowest BCUT2D eigenvalue weighted by atomic mass is 10.2. The zero-order chi connectivity index (χ0) is 10.6. The number of carboxylic acids is 1. The summed E-state index contributed by atoms with van der Waals surface area (Å²) in [4.78, 5) is 10.5. The van der Waals surface area contributed by atoms with Crippen molar-refractivity contribution in [3.63, 3.8) is 0 Å². The largest absolute Gasteiger partial charge is 0.478 e. The van der Waals surface area contributed by atoms with Crippen LogP contribution in [0.2, 0.25) is 0 Å². The van der Waals surface area contributed by atoms with Gasteiger partial charge in [-0.1, -0.05) is 0 Å². The van der Waals surface area contributed by atoms with Crippen molar-refractivity contribution in [1.82, 2.24) is 0 Å². The smallest absolute Gasteiger partial charge is 0.335 e. The molecule has 0 saturated carbocycles. The maximum Gasteiger partial charge on any atom is 0.335 e. The van der Waals surface area contributed by atoms with E-state index in [0.717, 1.165) is 12.1 Å². The molecule has 0 aromatic heterocycles. The van der Waals surface area contributed by atoms with Gasteiger partial charge in [-0.2, -0.15) is 0 Å². The summed E-state index contributed by atoms with van der Waals surface area (Å²) in [6, 6.07) is 3.27. The first-order valence-electron chi connectivity index (χ1n) is 3.97. The Morgan fingerprint density at radius 1 is 1.43 bits per heavy atom. The minimum Gasteiger partial charge on any atom is -0.478 e. The molecule has 0 fully saturated rings. The van der Waals surface area contributed by atoms with Crippen LogP contribution < -0.4 is 5.32 Å². The Bertz CT molecular complexity index is 342. The molecule has 0 aliphatic heterocycles. The fourth-order valence-corrected chi connectivity index (χ4v) is 1.01. The van der Waals surface area contributed by atoms with Crippen molar-refractivity contribution in [1.29, 1.82) is 0 Å². The van der Waals surface area contributed by atoms with Gasteiger partial charge in [0.05, 0.1) is 5.56 Å². The topological polar surface area (TPSA) is 49.3 Å². The molecule has 0 atom stereocenters. The summed E-state index contributed by atoms with van der Waals surface area (Å²) >= 11 is 0. The molecule has 0 radical (unpaired) electrons. The molecule has 0 aliphatic carbocycles. The molecule has 0 saturated heterocycles. The van der Waals surface area contributed by atoms with Crippen LogP contribution >= 0.6 is 0 Å². The number of anilines is 1. The molecule has 3 nitrogen and oxygen atoms in total. The van der Waals surface area contributed by atoms with Gasteiger partial charge in [-0.3, -0.25) is 0 Å². The van der Waals surface area contributed by atoms with Crippen molar-refractivity contribution in [3.05, 3.63) is 29.6 Å². The van der Waals surface area contributed by atoms with Gasteiger partial charge < -0.3 is 10.4 Å². The van der Waals surface area contributed by atoms with E-state index in [1.165, 1.54) is 6.07 Å². The standard InChI is InChI=1S/C9H9F2NO2/c10-1-2-12-8-4-6(9(13)14)3-7(11)5-8/h3-5,12H,1-2H2,(H,13,14). The summed E-state index contributed by atoms with van der Waals surface area (Å²) in [5.41, 5.74) is 0.103. The van der Waals surface area contributed by atoms with E-state index in [0.29, 0.717) is 0 Å². The van der Waals surface area contributed by atoms with E-state index in [9.17, 15) is 13.6 Å². The number of halogens is 2. The molecule has 2 N–H and O–H groups in total. The van der Waals surface area contributed by atoms with E-state index in [2.05, 4.69) is 5.32 Å². The van der Waals surface area contributed by atoms with E-state index in [1.807, 2.05) is 0 Å². The number of alkyl halides is 1. The van der Waals surface area contributed by atoms with Crippen LogP contribution in [-0.4, -0.2) is 24.3 Å². The minimum atomic E-state index is -1.22. The lowest BCUT2D eigenvalue weighted by molar-refractivity contribution is 0.0696. The van der Waals surface area contributed by atoms with Crippen LogP contribution in [0.5, 0.6) is 0 Å².